The van der Waals surface area contributed by atoms with Gasteiger partial charge >= 0.3 is 23.1 Å². The van der Waals surface area contributed by atoms with Gasteiger partial charge in [0.2, 0.25) is 11.9 Å². The van der Waals surface area contributed by atoms with Crippen LogP contribution in [0.3, 0.4) is 0 Å². The molecule has 6 aliphatic rings. The highest BCUT2D eigenvalue weighted by Gasteiger charge is 3.06. The lowest BCUT2D eigenvalue weighted by molar-refractivity contribution is -0.240. The van der Waals surface area contributed by atoms with Crippen molar-refractivity contribution in [3.63, 3.8) is 0 Å². The van der Waals surface area contributed by atoms with Gasteiger partial charge in [0.25, 0.3) is 0 Å². The Bertz CT molecular complexity index is 1360. The second-order valence-corrected chi connectivity index (χ2v) is 12.9. The Morgan fingerprint density at radius 3 is 2.33 bits per heavy atom. The molecule has 0 aromatic heterocycles. The minimum atomic E-state index is -2.44. The van der Waals surface area contributed by atoms with Crippen LogP contribution in [0.15, 0.2) is 30.3 Å². The molecule has 0 radical (unpaired) electrons. The third kappa shape index (κ3) is 2.38. The van der Waals surface area contributed by atoms with E-state index in [9.17, 15) is 29.7 Å². The van der Waals surface area contributed by atoms with E-state index in [1.165, 1.54) is 6.92 Å². The van der Waals surface area contributed by atoms with Crippen LogP contribution in [-0.4, -0.2) is 86.5 Å². The van der Waals surface area contributed by atoms with E-state index in [0.29, 0.717) is 5.75 Å². The lowest BCUT2D eigenvalue weighted by Crippen LogP contribution is -2.67. The van der Waals surface area contributed by atoms with E-state index in [1.807, 2.05) is 0 Å². The van der Waals surface area contributed by atoms with E-state index in [2.05, 4.69) is 0 Å². The van der Waals surface area contributed by atoms with Gasteiger partial charge in [0.1, 0.15) is 17.3 Å². The number of para-hydroxylation sites is 1. The molecule has 12 nitrogen and oxygen atoms in total. The lowest BCUT2D eigenvalue weighted by atomic mass is 9.51. The van der Waals surface area contributed by atoms with E-state index in [-0.39, 0.29) is 0 Å². The SMILES string of the molecule is C[C@@H]1C(=O)OC2[C@H](OC(=S)Oc3ccccc3)C34C5OC(=O)C3(O[C@@H]3OC(=O)[C@H](O)C34[C@H](C(C)(C)C)[C@H]5O)[C@]21O. The van der Waals surface area contributed by atoms with E-state index >= 15 is 0 Å². The fourth-order valence-electron chi connectivity index (χ4n) is 9.10. The van der Waals surface area contributed by atoms with Crippen molar-refractivity contribution in [2.45, 2.75) is 75.7 Å². The minimum absolute atomic E-state index is 0.314. The summed E-state index contributed by atoms with van der Waals surface area (Å²) >= 11 is 5.42. The standard InChI is InChI=1S/C27H28O12S/c1-10-18(30)35-17-16(37-22(40)34-11-8-6-5-7-9-11)25-15-12(28)13(23(2,3)4)24(25)14(29)19(31)38-21(24)39-27(25,20(32)36-15)26(10,17)33/h5-10,12-17,21,28-29,33H,1-4H3/t10-,12-,13+,14+,15?,16+,17?,21+,24?,25?,26-,27?/m1/s1. The molecule has 4 heterocycles. The van der Waals surface area contributed by atoms with Gasteiger partial charge in [-0.3, -0.25) is 4.79 Å². The van der Waals surface area contributed by atoms with Crippen molar-refractivity contribution < 1.29 is 58.1 Å². The number of hydrogen-bond donors (Lipinski definition) is 3. The Balaban J connectivity index is 1.50. The molecule has 2 saturated carbocycles. The first-order chi connectivity index (χ1) is 18.7. The number of rotatable bonds is 2. The second-order valence-electron chi connectivity index (χ2n) is 12.5. The fourth-order valence-corrected chi connectivity index (χ4v) is 9.30. The number of benzene rings is 1. The maximum absolute atomic E-state index is 14.0. The highest BCUT2D eigenvalue weighted by molar-refractivity contribution is 7.79. The largest absolute Gasteiger partial charge is 0.456 e. The summed E-state index contributed by atoms with van der Waals surface area (Å²) in [6, 6.07) is 8.41. The number of ether oxygens (including phenoxy) is 6. The third-order valence-electron chi connectivity index (χ3n) is 10.1. The molecule has 12 atom stereocenters. The molecule has 2 spiro atoms. The molecule has 4 aliphatic heterocycles. The van der Waals surface area contributed by atoms with Crippen molar-refractivity contribution in [2.24, 2.45) is 28.1 Å². The maximum Gasteiger partial charge on any atom is 0.358 e. The molecule has 3 N–H and O–H groups in total. The quantitative estimate of drug-likeness (QED) is 0.245. The topological polar surface area (TPSA) is 167 Å². The number of aliphatic hydroxyl groups is 3. The number of thiocarbonyl (C=S) groups is 1. The van der Waals surface area contributed by atoms with E-state index < -0.39 is 99.2 Å². The van der Waals surface area contributed by atoms with Crippen molar-refractivity contribution in [2.75, 3.05) is 0 Å². The molecule has 0 amide bonds. The molecule has 5 unspecified atom stereocenters. The van der Waals surface area contributed by atoms with Crippen LogP contribution in [-0.2, 0) is 38.1 Å². The van der Waals surface area contributed by atoms with Gasteiger partial charge in [-0.25, -0.2) is 9.59 Å². The summed E-state index contributed by atoms with van der Waals surface area (Å²) in [5, 5.41) is 35.5. The van der Waals surface area contributed by atoms with Crippen LogP contribution in [0.4, 0.5) is 0 Å². The smallest absolute Gasteiger partial charge is 0.358 e. The number of carbonyl (C=O) groups is 3. The minimum Gasteiger partial charge on any atom is -0.456 e. The first-order valence-corrected chi connectivity index (χ1v) is 13.4. The summed E-state index contributed by atoms with van der Waals surface area (Å²) in [4.78, 5) is 39.9. The van der Waals surface area contributed by atoms with Crippen LogP contribution in [0.1, 0.15) is 27.7 Å². The van der Waals surface area contributed by atoms with Crippen LogP contribution in [0.2, 0.25) is 0 Å². The van der Waals surface area contributed by atoms with Gasteiger partial charge in [0, 0.05) is 18.1 Å². The number of fused-ring (bicyclic) bond motifs is 1. The summed E-state index contributed by atoms with van der Waals surface area (Å²) in [6.07, 6.45) is -9.62. The maximum atomic E-state index is 14.0. The summed E-state index contributed by atoms with van der Waals surface area (Å²) < 4.78 is 35.2. The van der Waals surface area contributed by atoms with E-state index in [4.69, 9.17) is 40.6 Å². The molecular weight excluding hydrogens is 548 g/mol. The number of esters is 3. The summed E-state index contributed by atoms with van der Waals surface area (Å²) in [5.41, 5.74) is -9.60. The van der Waals surface area contributed by atoms with E-state index in [1.54, 1.807) is 51.1 Å². The Morgan fingerprint density at radius 1 is 1.00 bits per heavy atom. The monoisotopic (exact) mass is 576 g/mol. The summed E-state index contributed by atoms with van der Waals surface area (Å²) in [6.45, 7) is 6.72. The zero-order chi connectivity index (χ0) is 28.8. The molecule has 40 heavy (non-hydrogen) atoms. The lowest BCUT2D eigenvalue weighted by Gasteiger charge is -2.47. The first kappa shape index (κ1) is 26.1. The van der Waals surface area contributed by atoms with E-state index in [0.717, 1.165) is 0 Å². The van der Waals surface area contributed by atoms with Gasteiger partial charge in [0.15, 0.2) is 23.9 Å². The van der Waals surface area contributed by atoms with Crippen molar-refractivity contribution in [1.82, 2.24) is 0 Å². The highest BCUT2D eigenvalue weighted by atomic mass is 32.1. The highest BCUT2D eigenvalue weighted by Crippen LogP contribution is 2.85. The molecular formula is C27H28O12S. The number of carbonyl (C=O) groups excluding carboxylic acids is 3. The third-order valence-corrected chi connectivity index (χ3v) is 10.3. The molecule has 1 aromatic rings. The van der Waals surface area contributed by atoms with Crippen molar-refractivity contribution in [3.8, 4) is 5.75 Å². The Morgan fingerprint density at radius 2 is 1.68 bits per heavy atom. The molecule has 4 saturated heterocycles. The predicted molar refractivity (Wildman–Crippen MR) is 132 cm³/mol. The van der Waals surface area contributed by atoms with Gasteiger partial charge in [-0.15, -0.1) is 0 Å². The average Bonchev–Trinajstić information content (AvgIpc) is 3.57. The van der Waals surface area contributed by atoms with Crippen molar-refractivity contribution in [1.29, 1.82) is 0 Å². The summed E-state index contributed by atoms with van der Waals surface area (Å²) in [5.74, 6) is -4.99. The first-order valence-electron chi connectivity index (χ1n) is 13.0. The Hall–Kier alpha value is -2.84. The van der Waals surface area contributed by atoms with Crippen LogP contribution in [0.5, 0.6) is 5.75 Å². The fraction of sp³-hybridized carbons (Fsp3) is 0.630. The number of hydrogen-bond acceptors (Lipinski definition) is 13. The second kappa shape index (κ2) is 7.51. The molecule has 2 aliphatic carbocycles. The Kier molecular flexibility index (Phi) is 4.90. The van der Waals surface area contributed by atoms with Gasteiger partial charge < -0.3 is 43.7 Å². The molecule has 1 aromatic carbocycles. The zero-order valence-electron chi connectivity index (χ0n) is 21.9. The van der Waals surface area contributed by atoms with Crippen LogP contribution in [0.25, 0.3) is 0 Å². The molecule has 0 bridgehead atoms. The van der Waals surface area contributed by atoms with Crippen LogP contribution >= 0.6 is 12.2 Å². The van der Waals surface area contributed by atoms with Gasteiger partial charge in [-0.2, -0.15) is 0 Å². The zero-order valence-corrected chi connectivity index (χ0v) is 22.7. The molecule has 13 heteroatoms. The van der Waals surface area contributed by atoms with Crippen LogP contribution in [0, 0.1) is 28.1 Å². The average molecular weight is 577 g/mol. The Labute approximate surface area is 233 Å². The number of aliphatic hydroxyl groups excluding tert-OH is 2. The normalized spacial score (nSPS) is 49.5. The van der Waals surface area contributed by atoms with Crippen molar-refractivity contribution in [3.05, 3.63) is 30.3 Å². The van der Waals surface area contributed by atoms with Crippen LogP contribution < -0.4 is 4.74 Å². The van der Waals surface area contributed by atoms with Gasteiger partial charge in [0.05, 0.1) is 17.4 Å². The molecule has 7 rings (SSSR count). The van der Waals surface area contributed by atoms with Crippen molar-refractivity contribution >= 4 is 35.4 Å². The van der Waals surface area contributed by atoms with Gasteiger partial charge in [-0.05, 0) is 24.5 Å². The predicted octanol–water partition coefficient (Wildman–Crippen LogP) is -0.0105. The summed E-state index contributed by atoms with van der Waals surface area (Å²) in [7, 11) is 0. The molecule has 214 valence electrons. The van der Waals surface area contributed by atoms with Gasteiger partial charge in [-0.1, -0.05) is 39.0 Å². The molecule has 6 fully saturated rings.